The number of fused-ring (bicyclic) bond motifs is 8. The number of allylic oxidation sites excluding steroid dienone is 2. The first kappa shape index (κ1) is 26.1. The second-order valence-corrected chi connectivity index (χ2v) is 12.2. The van der Waals surface area contributed by atoms with E-state index in [0.29, 0.717) is 0 Å². The fourth-order valence-corrected chi connectivity index (χ4v) is 6.20. The first-order valence-electron chi connectivity index (χ1n) is 14.2. The summed E-state index contributed by atoms with van der Waals surface area (Å²) in [6.45, 7) is 21.6. The maximum Gasteiger partial charge on any atom is 0.144 e. The molecule has 1 aromatic heterocycles. The van der Waals surface area contributed by atoms with Gasteiger partial charge in [-0.05, 0) is 90.8 Å². The van der Waals surface area contributed by atoms with Crippen molar-refractivity contribution in [3.8, 4) is 0 Å². The van der Waals surface area contributed by atoms with Gasteiger partial charge in [0.15, 0.2) is 0 Å². The van der Waals surface area contributed by atoms with Crippen LogP contribution in [-0.4, -0.2) is 11.3 Å². The predicted octanol–water partition coefficient (Wildman–Crippen LogP) is 10.1. The number of benzene rings is 4. The smallest absolute Gasteiger partial charge is 0.144 e. The van der Waals surface area contributed by atoms with E-state index in [1.54, 1.807) is 0 Å². The van der Waals surface area contributed by atoms with Gasteiger partial charge in [0.05, 0.1) is 0 Å². The highest BCUT2D eigenvalue weighted by Crippen LogP contribution is 2.46. The van der Waals surface area contributed by atoms with Crippen molar-refractivity contribution in [2.24, 2.45) is 10.4 Å². The van der Waals surface area contributed by atoms with Gasteiger partial charge in [-0.15, -0.1) is 0 Å². The van der Waals surface area contributed by atoms with Crippen molar-refractivity contribution in [1.29, 1.82) is 0 Å². The fourth-order valence-electron chi connectivity index (χ4n) is 6.20. The van der Waals surface area contributed by atoms with E-state index in [1.807, 2.05) is 13.8 Å². The maximum absolute atomic E-state index is 6.76. The lowest BCUT2D eigenvalue weighted by atomic mass is 9.68. The largest absolute Gasteiger partial charge is 0.455 e. The molecule has 1 unspecified atom stereocenters. The Morgan fingerprint density at radius 3 is 2.42 bits per heavy atom. The molecule has 0 fully saturated rings. The normalized spacial score (nSPS) is 20.9. The number of hydrogen-bond donors (Lipinski definition) is 1. The van der Waals surface area contributed by atoms with E-state index in [-0.39, 0.29) is 5.41 Å². The van der Waals surface area contributed by atoms with Crippen molar-refractivity contribution in [2.45, 2.75) is 59.9 Å². The minimum absolute atomic E-state index is 0.157. The van der Waals surface area contributed by atoms with Crippen LogP contribution >= 0.6 is 0 Å². The van der Waals surface area contributed by atoms with Gasteiger partial charge in [0.25, 0.3) is 0 Å². The van der Waals surface area contributed by atoms with E-state index in [4.69, 9.17) is 9.41 Å². The second-order valence-electron chi connectivity index (χ2n) is 12.2. The maximum atomic E-state index is 6.76. The van der Waals surface area contributed by atoms with E-state index in [9.17, 15) is 0 Å². The van der Waals surface area contributed by atoms with Gasteiger partial charge in [0.1, 0.15) is 16.7 Å². The lowest BCUT2D eigenvalue weighted by Gasteiger charge is -2.43. The zero-order valence-corrected chi connectivity index (χ0v) is 24.5. The third-order valence-electron chi connectivity index (χ3n) is 9.37. The number of aliphatic imine (C=N–C) groups is 1. The highest BCUT2D eigenvalue weighted by molar-refractivity contribution is 6.17. The molecular weight excluding hydrogens is 488 g/mol. The molecule has 3 nitrogen and oxygen atoms in total. The standard InChI is InChI=1S/C37H38N2O/c1-9-32-34-26(18-19-36(6,7)37(8,24(5)38-32)39-23(4)22(2)3)16-17-29-31-20-27-15-14-25-12-10-11-13-28(25)30(27)21-33(31)40-35(29)34/h9-17,20-21,38H,2,5,18-19H2,1,3-4,6-8H3/b32-9-,39-23?. The van der Waals surface area contributed by atoms with Gasteiger partial charge in [0.2, 0.25) is 0 Å². The van der Waals surface area contributed by atoms with Crippen LogP contribution in [0.15, 0.2) is 101 Å². The molecule has 5 aromatic rings. The van der Waals surface area contributed by atoms with E-state index in [2.05, 4.69) is 113 Å². The molecule has 0 saturated heterocycles. The van der Waals surface area contributed by atoms with Crippen molar-refractivity contribution in [1.82, 2.24) is 5.32 Å². The monoisotopic (exact) mass is 526 g/mol. The molecule has 202 valence electrons. The molecule has 2 heterocycles. The summed E-state index contributed by atoms with van der Waals surface area (Å²) in [5, 5.41) is 10.9. The Bertz CT molecular complexity index is 1930. The van der Waals surface area contributed by atoms with Crippen molar-refractivity contribution in [2.75, 3.05) is 0 Å². The predicted molar refractivity (Wildman–Crippen MR) is 173 cm³/mol. The molecule has 0 saturated carbocycles. The van der Waals surface area contributed by atoms with E-state index in [0.717, 1.165) is 63.0 Å². The van der Waals surface area contributed by atoms with Crippen molar-refractivity contribution in [3.63, 3.8) is 0 Å². The third-order valence-corrected chi connectivity index (χ3v) is 9.37. The molecule has 3 heteroatoms. The average molecular weight is 527 g/mol. The summed E-state index contributed by atoms with van der Waals surface area (Å²) in [4.78, 5) is 5.23. The van der Waals surface area contributed by atoms with Crippen molar-refractivity contribution >= 4 is 54.9 Å². The van der Waals surface area contributed by atoms with Crippen LogP contribution in [0, 0.1) is 5.41 Å². The molecule has 1 aliphatic heterocycles. The van der Waals surface area contributed by atoms with Crippen LogP contribution in [0.5, 0.6) is 0 Å². The Morgan fingerprint density at radius 2 is 1.68 bits per heavy atom. The van der Waals surface area contributed by atoms with Crippen LogP contribution in [0.3, 0.4) is 0 Å². The Balaban J connectivity index is 1.58. The van der Waals surface area contributed by atoms with E-state index < -0.39 is 5.54 Å². The molecule has 40 heavy (non-hydrogen) atoms. The summed E-state index contributed by atoms with van der Waals surface area (Å²) in [5.41, 5.74) is 7.35. The molecule has 0 aliphatic carbocycles. The van der Waals surface area contributed by atoms with Gasteiger partial charge in [-0.1, -0.05) is 81.6 Å². The summed E-state index contributed by atoms with van der Waals surface area (Å²) < 4.78 is 6.76. The zero-order valence-electron chi connectivity index (χ0n) is 24.5. The van der Waals surface area contributed by atoms with Gasteiger partial charge in [-0.2, -0.15) is 0 Å². The quantitative estimate of drug-likeness (QED) is 0.183. The Hall–Kier alpha value is -4.11. The molecule has 1 N–H and O–H groups in total. The lowest BCUT2D eigenvalue weighted by molar-refractivity contribution is 0.200. The minimum Gasteiger partial charge on any atom is -0.455 e. The van der Waals surface area contributed by atoms with Crippen LogP contribution in [0.2, 0.25) is 0 Å². The SMILES string of the molecule is C=C(C)C(C)=NC1(C)C(=C)N/C(=C\C)c2c(ccc3c2oc2cc4c(ccc5ccccc54)cc23)CCC1(C)C. The molecule has 0 spiro atoms. The number of hydrogen-bond acceptors (Lipinski definition) is 3. The number of furan rings is 1. The van der Waals surface area contributed by atoms with Gasteiger partial charge >= 0.3 is 0 Å². The first-order valence-corrected chi connectivity index (χ1v) is 14.2. The topological polar surface area (TPSA) is 37.5 Å². The summed E-state index contributed by atoms with van der Waals surface area (Å²) in [5.74, 6) is 0. The molecule has 6 rings (SSSR count). The molecule has 1 atom stereocenters. The summed E-state index contributed by atoms with van der Waals surface area (Å²) >= 11 is 0. The van der Waals surface area contributed by atoms with Crippen LogP contribution in [0.4, 0.5) is 0 Å². The summed E-state index contributed by atoms with van der Waals surface area (Å²) in [6, 6.07) is 22.0. The molecule has 0 amide bonds. The second kappa shape index (κ2) is 9.23. The highest BCUT2D eigenvalue weighted by Gasteiger charge is 2.44. The molecule has 4 aromatic carbocycles. The number of rotatable bonds is 2. The Labute approximate surface area is 237 Å². The number of aryl methyl sites for hydroxylation is 1. The number of nitrogens with zero attached hydrogens (tertiary/aromatic N) is 1. The van der Waals surface area contributed by atoms with Crippen molar-refractivity contribution < 1.29 is 4.42 Å². The molecule has 1 aliphatic rings. The Kier molecular flexibility index (Phi) is 6.03. The van der Waals surface area contributed by atoms with E-state index >= 15 is 0 Å². The lowest BCUT2D eigenvalue weighted by Crippen LogP contribution is -2.46. The summed E-state index contributed by atoms with van der Waals surface area (Å²) in [7, 11) is 0. The van der Waals surface area contributed by atoms with Crippen LogP contribution < -0.4 is 5.32 Å². The van der Waals surface area contributed by atoms with Gasteiger partial charge < -0.3 is 9.73 Å². The van der Waals surface area contributed by atoms with Gasteiger partial charge in [-0.25, -0.2) is 0 Å². The van der Waals surface area contributed by atoms with E-state index in [1.165, 1.54) is 27.1 Å². The van der Waals surface area contributed by atoms with Gasteiger partial charge in [-0.3, -0.25) is 4.99 Å². The summed E-state index contributed by atoms with van der Waals surface area (Å²) in [6.07, 6.45) is 3.99. The Morgan fingerprint density at radius 1 is 0.925 bits per heavy atom. The first-order chi connectivity index (χ1) is 19.0. The van der Waals surface area contributed by atoms with Crippen molar-refractivity contribution in [3.05, 3.63) is 102 Å². The molecule has 0 radical (unpaired) electrons. The molecular formula is C37H38N2O. The van der Waals surface area contributed by atoms with Crippen LogP contribution in [-0.2, 0) is 6.42 Å². The average Bonchev–Trinajstić information content (AvgIpc) is 3.30. The third kappa shape index (κ3) is 3.91. The minimum atomic E-state index is -0.530. The number of nitrogens with one attached hydrogen (secondary N) is 1. The fraction of sp³-hybridized carbons (Fsp3) is 0.270. The highest BCUT2D eigenvalue weighted by atomic mass is 16.3. The zero-order chi connectivity index (χ0) is 28.4. The van der Waals surface area contributed by atoms with Gasteiger partial charge in [0, 0.05) is 33.4 Å². The van der Waals surface area contributed by atoms with Crippen LogP contribution in [0.25, 0.3) is 49.2 Å². The van der Waals surface area contributed by atoms with Crippen LogP contribution in [0.1, 0.15) is 59.1 Å². The molecule has 0 bridgehead atoms.